The van der Waals surface area contributed by atoms with Crippen LogP contribution in [-0.4, -0.2) is 53.8 Å². The van der Waals surface area contributed by atoms with E-state index in [1.54, 1.807) is 4.68 Å². The second-order valence-electron chi connectivity index (χ2n) is 14.3. The number of piperidine rings is 1. The number of carbonyl (C=O) groups is 2. The highest BCUT2D eigenvalue weighted by Gasteiger charge is 2.28. The van der Waals surface area contributed by atoms with Gasteiger partial charge in [-0.2, -0.15) is 5.10 Å². The predicted molar refractivity (Wildman–Crippen MR) is 193 cm³/mol. The van der Waals surface area contributed by atoms with Gasteiger partial charge >= 0.3 is 6.03 Å². The van der Waals surface area contributed by atoms with Crippen molar-refractivity contribution in [3.05, 3.63) is 101 Å². The van der Waals surface area contributed by atoms with Gasteiger partial charge in [0.05, 0.1) is 11.4 Å². The molecule has 1 aromatic heterocycles. The number of aromatic nitrogens is 2. The van der Waals surface area contributed by atoms with Crippen LogP contribution >= 0.6 is 0 Å². The minimum Gasteiger partial charge on any atom is -0.312 e. The molecule has 2 heterocycles. The number of nitrogens with one attached hydrogen (secondary N) is 2. The van der Waals surface area contributed by atoms with Crippen LogP contribution in [0.15, 0.2) is 72.8 Å². The van der Waals surface area contributed by atoms with E-state index in [0.29, 0.717) is 30.4 Å². The van der Waals surface area contributed by atoms with Gasteiger partial charge in [-0.25, -0.2) is 9.48 Å². The van der Waals surface area contributed by atoms with Gasteiger partial charge in [0.1, 0.15) is 5.82 Å². The SMILES string of the molecule is Cc1ccc(-n2nc(C(C)(C)C)cc2NC(=O)Nc2ccc(CC3CCC(=O)N(c4ccc(CCCN(C)C)cc4C)C3)cc2)cc1. The van der Waals surface area contributed by atoms with Crippen molar-refractivity contribution in [1.82, 2.24) is 14.7 Å². The summed E-state index contributed by atoms with van der Waals surface area (Å²) in [5.41, 5.74) is 8.18. The van der Waals surface area contributed by atoms with Crippen molar-refractivity contribution >= 4 is 29.1 Å². The Labute approximate surface area is 280 Å². The fourth-order valence-corrected chi connectivity index (χ4v) is 6.14. The van der Waals surface area contributed by atoms with Crippen molar-refractivity contribution in [3.63, 3.8) is 0 Å². The number of rotatable bonds is 10. The molecule has 3 amide bonds. The third-order valence-corrected chi connectivity index (χ3v) is 8.87. The van der Waals surface area contributed by atoms with Gasteiger partial charge in [0.15, 0.2) is 0 Å². The number of urea groups is 1. The summed E-state index contributed by atoms with van der Waals surface area (Å²) in [5.74, 6) is 1.18. The fourth-order valence-electron chi connectivity index (χ4n) is 6.14. The van der Waals surface area contributed by atoms with E-state index in [9.17, 15) is 9.59 Å². The number of hydrogen-bond donors (Lipinski definition) is 2. The normalized spacial score (nSPS) is 15.3. The van der Waals surface area contributed by atoms with Crippen LogP contribution in [0.1, 0.15) is 68.0 Å². The Hall–Kier alpha value is -4.43. The zero-order valence-corrected chi connectivity index (χ0v) is 29.1. The number of amides is 3. The third kappa shape index (κ3) is 8.89. The molecular formula is C39H50N6O2. The minimum atomic E-state index is -0.327. The van der Waals surface area contributed by atoms with Crippen molar-refractivity contribution in [3.8, 4) is 5.69 Å². The molecule has 0 radical (unpaired) electrons. The highest BCUT2D eigenvalue weighted by molar-refractivity contribution is 5.99. The average molecular weight is 635 g/mol. The molecule has 8 heteroatoms. The highest BCUT2D eigenvalue weighted by Crippen LogP contribution is 2.30. The number of aryl methyl sites for hydroxylation is 3. The fraction of sp³-hybridized carbons (Fsp3) is 0.410. The Morgan fingerprint density at radius 3 is 2.30 bits per heavy atom. The van der Waals surface area contributed by atoms with Crippen molar-refractivity contribution in [2.75, 3.05) is 42.7 Å². The number of benzene rings is 3. The van der Waals surface area contributed by atoms with E-state index in [1.807, 2.05) is 54.3 Å². The molecule has 8 nitrogen and oxygen atoms in total. The third-order valence-electron chi connectivity index (χ3n) is 8.87. The van der Waals surface area contributed by atoms with Crippen LogP contribution in [0.25, 0.3) is 5.69 Å². The first-order chi connectivity index (χ1) is 22.4. The molecular weight excluding hydrogens is 584 g/mol. The predicted octanol–water partition coefficient (Wildman–Crippen LogP) is 7.91. The first-order valence-electron chi connectivity index (χ1n) is 16.7. The highest BCUT2D eigenvalue weighted by atomic mass is 16.2. The van der Waals surface area contributed by atoms with Gasteiger partial charge in [-0.05, 0) is 113 Å². The maximum absolute atomic E-state index is 13.1. The molecule has 1 unspecified atom stereocenters. The zero-order valence-electron chi connectivity index (χ0n) is 29.1. The van der Waals surface area contributed by atoms with E-state index in [-0.39, 0.29) is 17.4 Å². The molecule has 0 saturated carbocycles. The second kappa shape index (κ2) is 14.6. The summed E-state index contributed by atoms with van der Waals surface area (Å²) >= 11 is 0. The van der Waals surface area contributed by atoms with E-state index in [4.69, 9.17) is 5.10 Å². The first-order valence-corrected chi connectivity index (χ1v) is 16.7. The largest absolute Gasteiger partial charge is 0.324 e. The topological polar surface area (TPSA) is 82.5 Å². The number of hydrogen-bond acceptors (Lipinski definition) is 4. The molecule has 1 saturated heterocycles. The van der Waals surface area contributed by atoms with Crippen LogP contribution in [0.4, 0.5) is 22.0 Å². The van der Waals surface area contributed by atoms with E-state index in [2.05, 4.69) is 87.7 Å². The van der Waals surface area contributed by atoms with Gasteiger partial charge in [0, 0.05) is 35.8 Å². The molecule has 47 heavy (non-hydrogen) atoms. The van der Waals surface area contributed by atoms with Gasteiger partial charge in [-0.15, -0.1) is 0 Å². The Kier molecular flexibility index (Phi) is 10.5. The molecule has 1 aliphatic heterocycles. The molecule has 4 aromatic rings. The smallest absolute Gasteiger partial charge is 0.312 e. The van der Waals surface area contributed by atoms with Crippen molar-refractivity contribution in [2.45, 2.75) is 72.1 Å². The summed E-state index contributed by atoms with van der Waals surface area (Å²) < 4.78 is 1.78. The van der Waals surface area contributed by atoms with Crippen LogP contribution in [0.5, 0.6) is 0 Å². The van der Waals surface area contributed by atoms with Gasteiger partial charge in [-0.1, -0.05) is 62.7 Å². The van der Waals surface area contributed by atoms with E-state index >= 15 is 0 Å². The zero-order chi connectivity index (χ0) is 33.7. The summed E-state index contributed by atoms with van der Waals surface area (Å²) in [6.45, 7) is 12.3. The standard InChI is InChI=1S/C39H50N6O2/c1-27-10-18-33(19-11-27)45-36(25-35(42-45)39(3,4)5)41-38(47)40-32-16-12-30(13-17-32)24-31-15-21-37(46)44(26-31)34-20-14-29(23-28(34)2)9-8-22-43(6)7/h10-14,16-20,23,25,31H,8-9,15,21-22,24,26H2,1-7H3,(H2,40,41,47). The van der Waals surface area contributed by atoms with E-state index < -0.39 is 0 Å². The molecule has 5 rings (SSSR count). The monoisotopic (exact) mass is 634 g/mol. The van der Waals surface area contributed by atoms with E-state index in [0.717, 1.165) is 60.4 Å². The van der Waals surface area contributed by atoms with E-state index in [1.165, 1.54) is 11.1 Å². The Morgan fingerprint density at radius 2 is 1.64 bits per heavy atom. The Balaban J connectivity index is 1.20. The van der Waals surface area contributed by atoms with Crippen molar-refractivity contribution in [1.29, 1.82) is 0 Å². The van der Waals surface area contributed by atoms with Gasteiger partial charge in [0.2, 0.25) is 5.91 Å². The first kappa shape index (κ1) is 33.9. The maximum Gasteiger partial charge on any atom is 0.324 e. The Morgan fingerprint density at radius 1 is 0.936 bits per heavy atom. The van der Waals surface area contributed by atoms with Crippen LogP contribution in [-0.2, 0) is 23.1 Å². The van der Waals surface area contributed by atoms with Crippen LogP contribution in [0.3, 0.4) is 0 Å². The van der Waals surface area contributed by atoms with Crippen molar-refractivity contribution < 1.29 is 9.59 Å². The van der Waals surface area contributed by atoms with Crippen LogP contribution in [0, 0.1) is 19.8 Å². The molecule has 1 atom stereocenters. The van der Waals surface area contributed by atoms with Gasteiger partial charge in [-0.3, -0.25) is 10.1 Å². The lowest BCUT2D eigenvalue weighted by molar-refractivity contribution is -0.120. The lowest BCUT2D eigenvalue weighted by Crippen LogP contribution is -2.41. The van der Waals surface area contributed by atoms with Crippen molar-refractivity contribution in [2.24, 2.45) is 5.92 Å². The molecule has 0 spiro atoms. The quantitative estimate of drug-likeness (QED) is 0.186. The average Bonchev–Trinajstić information content (AvgIpc) is 3.44. The number of anilines is 3. The molecule has 0 aliphatic carbocycles. The number of carbonyl (C=O) groups excluding carboxylic acids is 2. The molecule has 3 aromatic carbocycles. The summed E-state index contributed by atoms with van der Waals surface area (Å²) in [6, 6.07) is 24.3. The second-order valence-corrected chi connectivity index (χ2v) is 14.3. The summed E-state index contributed by atoms with van der Waals surface area (Å²) in [7, 11) is 4.20. The van der Waals surface area contributed by atoms with Crippen LogP contribution in [0.2, 0.25) is 0 Å². The molecule has 0 bridgehead atoms. The Bertz CT molecular complexity index is 1680. The number of nitrogens with zero attached hydrogens (tertiary/aromatic N) is 4. The lowest BCUT2D eigenvalue weighted by atomic mass is 9.90. The molecule has 1 aliphatic rings. The van der Waals surface area contributed by atoms with Gasteiger partial charge in [0.25, 0.3) is 0 Å². The van der Waals surface area contributed by atoms with Gasteiger partial charge < -0.3 is 15.1 Å². The summed E-state index contributed by atoms with van der Waals surface area (Å²) in [4.78, 5) is 30.3. The minimum absolute atomic E-state index is 0.170. The van der Waals surface area contributed by atoms with Crippen LogP contribution < -0.4 is 15.5 Å². The summed E-state index contributed by atoms with van der Waals surface area (Å²) in [6.07, 6.45) is 4.48. The lowest BCUT2D eigenvalue weighted by Gasteiger charge is -2.34. The maximum atomic E-state index is 13.1. The molecule has 1 fully saturated rings. The summed E-state index contributed by atoms with van der Waals surface area (Å²) in [5, 5.41) is 10.8. The molecule has 2 N–H and O–H groups in total. The molecule has 248 valence electrons.